The van der Waals surface area contributed by atoms with Crippen LogP contribution in [0.2, 0.25) is 5.02 Å². The highest BCUT2D eigenvalue weighted by molar-refractivity contribution is 6.36. The zero-order valence-electron chi connectivity index (χ0n) is 12.0. The second-order valence-electron chi connectivity index (χ2n) is 5.31. The van der Waals surface area contributed by atoms with Gasteiger partial charge in [0.25, 0.3) is 0 Å². The number of H-pyrrole nitrogens is 1. The van der Waals surface area contributed by atoms with Gasteiger partial charge in [0.2, 0.25) is 0 Å². The lowest BCUT2D eigenvalue weighted by Gasteiger charge is -2.02. The summed E-state index contributed by atoms with van der Waals surface area (Å²) in [6, 6.07) is 5.67. The number of aromatic amines is 1. The molecule has 0 aliphatic carbocycles. The topological polar surface area (TPSA) is 32.9 Å². The van der Waals surface area contributed by atoms with Crippen LogP contribution < -0.4 is 0 Å². The first-order chi connectivity index (χ1) is 9.74. The maximum Gasteiger partial charge on any atom is 0.165 e. The fourth-order valence-electron chi connectivity index (χ4n) is 2.56. The summed E-state index contributed by atoms with van der Waals surface area (Å²) in [6.07, 6.45) is 9.58. The summed E-state index contributed by atoms with van der Waals surface area (Å²) >= 11 is 6.19. The van der Waals surface area contributed by atoms with Crippen LogP contribution in [0.25, 0.3) is 10.9 Å². The normalized spacial score (nSPS) is 11.1. The summed E-state index contributed by atoms with van der Waals surface area (Å²) in [7, 11) is 0. The Morgan fingerprint density at radius 3 is 2.70 bits per heavy atom. The average Bonchev–Trinajstić information content (AvgIpc) is 2.88. The van der Waals surface area contributed by atoms with Crippen LogP contribution in [0, 0.1) is 0 Å². The molecule has 0 atom stereocenters. The molecular formula is C17H22ClNO. The first kappa shape index (κ1) is 15.1. The Labute approximate surface area is 125 Å². The Morgan fingerprint density at radius 1 is 1.15 bits per heavy atom. The second-order valence-corrected chi connectivity index (χ2v) is 5.71. The molecule has 0 fully saturated rings. The van der Waals surface area contributed by atoms with Gasteiger partial charge in [-0.15, -0.1) is 0 Å². The first-order valence-corrected chi connectivity index (χ1v) is 7.90. The van der Waals surface area contributed by atoms with E-state index in [2.05, 4.69) is 11.9 Å². The summed E-state index contributed by atoms with van der Waals surface area (Å²) < 4.78 is 0. The molecule has 2 aromatic rings. The third-order valence-electron chi connectivity index (χ3n) is 3.71. The van der Waals surface area contributed by atoms with Crippen LogP contribution in [-0.4, -0.2) is 10.8 Å². The van der Waals surface area contributed by atoms with E-state index in [0.717, 1.165) is 29.3 Å². The van der Waals surface area contributed by atoms with E-state index in [4.69, 9.17) is 11.6 Å². The van der Waals surface area contributed by atoms with Crippen molar-refractivity contribution in [3.05, 3.63) is 35.0 Å². The predicted molar refractivity (Wildman–Crippen MR) is 85.6 cm³/mol. The SMILES string of the molecule is CCCCCCCCC(=O)c1c[nH]c2cccc(Cl)c12. The van der Waals surface area contributed by atoms with Gasteiger partial charge in [-0.25, -0.2) is 0 Å². The molecule has 1 aromatic heterocycles. The second kappa shape index (κ2) is 7.49. The molecule has 1 N–H and O–H groups in total. The number of carbonyl (C=O) groups excluding carboxylic acids is 1. The molecule has 0 bridgehead atoms. The van der Waals surface area contributed by atoms with Crippen molar-refractivity contribution in [3.8, 4) is 0 Å². The molecule has 0 spiro atoms. The van der Waals surface area contributed by atoms with Crippen molar-refractivity contribution >= 4 is 28.3 Å². The summed E-state index contributed by atoms with van der Waals surface area (Å²) in [6.45, 7) is 2.21. The van der Waals surface area contributed by atoms with Gasteiger partial charge in [-0.1, -0.05) is 56.7 Å². The van der Waals surface area contributed by atoms with Crippen LogP contribution in [0.3, 0.4) is 0 Å². The maximum atomic E-state index is 12.3. The van der Waals surface area contributed by atoms with Crippen LogP contribution in [0.4, 0.5) is 0 Å². The number of hydrogen-bond acceptors (Lipinski definition) is 1. The molecule has 0 unspecified atom stereocenters. The van der Waals surface area contributed by atoms with Gasteiger partial charge in [0, 0.05) is 29.1 Å². The summed E-state index contributed by atoms with van der Waals surface area (Å²) in [5, 5.41) is 1.51. The van der Waals surface area contributed by atoms with Crippen molar-refractivity contribution < 1.29 is 4.79 Å². The number of benzene rings is 1. The van der Waals surface area contributed by atoms with E-state index < -0.39 is 0 Å². The number of unbranched alkanes of at least 4 members (excludes halogenated alkanes) is 5. The van der Waals surface area contributed by atoms with Crippen molar-refractivity contribution in [3.63, 3.8) is 0 Å². The van der Waals surface area contributed by atoms with Gasteiger partial charge in [0.05, 0.1) is 5.02 Å². The van der Waals surface area contributed by atoms with Crippen molar-refractivity contribution in [1.82, 2.24) is 4.98 Å². The first-order valence-electron chi connectivity index (χ1n) is 7.53. The Bertz CT molecular complexity index is 573. The predicted octanol–water partition coefficient (Wildman–Crippen LogP) is 5.75. The molecule has 0 aliphatic rings. The lowest BCUT2D eigenvalue weighted by Crippen LogP contribution is -1.98. The third-order valence-corrected chi connectivity index (χ3v) is 4.03. The number of nitrogens with one attached hydrogen (secondary N) is 1. The third kappa shape index (κ3) is 3.63. The zero-order chi connectivity index (χ0) is 14.4. The van der Waals surface area contributed by atoms with Gasteiger partial charge in [-0.05, 0) is 18.6 Å². The number of hydrogen-bond donors (Lipinski definition) is 1. The monoisotopic (exact) mass is 291 g/mol. The molecule has 0 aliphatic heterocycles. The minimum absolute atomic E-state index is 0.194. The number of halogens is 1. The van der Waals surface area contributed by atoms with Crippen molar-refractivity contribution in [2.24, 2.45) is 0 Å². The number of carbonyl (C=O) groups is 1. The highest BCUT2D eigenvalue weighted by Crippen LogP contribution is 2.27. The molecule has 0 saturated heterocycles. The van der Waals surface area contributed by atoms with Gasteiger partial charge in [-0.2, -0.15) is 0 Å². The van der Waals surface area contributed by atoms with Gasteiger partial charge >= 0.3 is 0 Å². The molecular weight excluding hydrogens is 270 g/mol. The quantitative estimate of drug-likeness (QED) is 0.487. The van der Waals surface area contributed by atoms with E-state index in [1.807, 2.05) is 18.2 Å². The highest BCUT2D eigenvalue weighted by atomic mass is 35.5. The van der Waals surface area contributed by atoms with Crippen LogP contribution >= 0.6 is 11.6 Å². The number of Topliss-reactive ketones (excluding diaryl/α,β-unsaturated/α-hetero) is 1. The van der Waals surface area contributed by atoms with Crippen LogP contribution in [0.5, 0.6) is 0 Å². The Balaban J connectivity index is 1.91. The van der Waals surface area contributed by atoms with E-state index in [0.29, 0.717) is 11.4 Å². The van der Waals surface area contributed by atoms with E-state index in [1.165, 1.54) is 25.7 Å². The summed E-state index contributed by atoms with van der Waals surface area (Å²) in [5.41, 5.74) is 1.67. The molecule has 108 valence electrons. The number of aromatic nitrogens is 1. The number of rotatable bonds is 8. The van der Waals surface area contributed by atoms with Crippen LogP contribution in [0.15, 0.2) is 24.4 Å². The zero-order valence-corrected chi connectivity index (χ0v) is 12.8. The van der Waals surface area contributed by atoms with Gasteiger partial charge in [-0.3, -0.25) is 4.79 Å². The molecule has 2 nitrogen and oxygen atoms in total. The van der Waals surface area contributed by atoms with Gasteiger partial charge < -0.3 is 4.98 Å². The smallest absolute Gasteiger partial charge is 0.165 e. The van der Waals surface area contributed by atoms with Crippen LogP contribution in [0.1, 0.15) is 62.2 Å². The van der Waals surface area contributed by atoms with Gasteiger partial charge in [0.1, 0.15) is 0 Å². The standard InChI is InChI=1S/C17H22ClNO/c1-2-3-4-5-6-7-11-16(20)13-12-19-15-10-8-9-14(18)17(13)15/h8-10,12,19H,2-7,11H2,1H3. The molecule has 0 radical (unpaired) electrons. The van der Waals surface area contributed by atoms with Crippen molar-refractivity contribution in [2.45, 2.75) is 51.9 Å². The van der Waals surface area contributed by atoms with Crippen LogP contribution in [-0.2, 0) is 0 Å². The fraction of sp³-hybridized carbons (Fsp3) is 0.471. The number of fused-ring (bicyclic) bond motifs is 1. The lowest BCUT2D eigenvalue weighted by atomic mass is 10.0. The molecule has 1 heterocycles. The molecule has 0 saturated carbocycles. The number of ketones is 1. The molecule has 3 heteroatoms. The van der Waals surface area contributed by atoms with E-state index in [1.54, 1.807) is 6.20 Å². The van der Waals surface area contributed by atoms with Crippen molar-refractivity contribution in [2.75, 3.05) is 0 Å². The molecule has 0 amide bonds. The highest BCUT2D eigenvalue weighted by Gasteiger charge is 2.13. The Morgan fingerprint density at radius 2 is 1.90 bits per heavy atom. The molecule has 20 heavy (non-hydrogen) atoms. The van der Waals surface area contributed by atoms with E-state index in [-0.39, 0.29) is 5.78 Å². The molecule has 2 rings (SSSR count). The van der Waals surface area contributed by atoms with E-state index in [9.17, 15) is 4.79 Å². The van der Waals surface area contributed by atoms with Crippen molar-refractivity contribution in [1.29, 1.82) is 0 Å². The van der Waals surface area contributed by atoms with E-state index >= 15 is 0 Å². The average molecular weight is 292 g/mol. The van der Waals surface area contributed by atoms with Gasteiger partial charge in [0.15, 0.2) is 5.78 Å². The summed E-state index contributed by atoms with van der Waals surface area (Å²) in [5.74, 6) is 0.194. The minimum atomic E-state index is 0.194. The largest absolute Gasteiger partial charge is 0.360 e. The molecule has 1 aromatic carbocycles. The Hall–Kier alpha value is -1.28. The minimum Gasteiger partial charge on any atom is -0.360 e. The Kier molecular flexibility index (Phi) is 5.66. The fourth-order valence-corrected chi connectivity index (χ4v) is 2.84. The maximum absolute atomic E-state index is 12.3. The lowest BCUT2D eigenvalue weighted by molar-refractivity contribution is 0.0980. The summed E-state index contributed by atoms with van der Waals surface area (Å²) in [4.78, 5) is 15.4.